The molecule has 0 aliphatic carbocycles. The van der Waals surface area contributed by atoms with Gasteiger partial charge in [-0.25, -0.2) is 0 Å². The Bertz CT molecular complexity index is 1110. The molecule has 0 N–H and O–H groups in total. The quantitative estimate of drug-likeness (QED) is 0.0264. The van der Waals surface area contributed by atoms with Crippen molar-refractivity contribution >= 4 is 17.9 Å². The van der Waals surface area contributed by atoms with Crippen LogP contribution in [-0.2, 0) is 28.6 Å². The zero-order chi connectivity index (χ0) is 42.3. The Morgan fingerprint density at radius 1 is 0.362 bits per heavy atom. The summed E-state index contributed by atoms with van der Waals surface area (Å²) in [6.07, 6.45) is 57.4. The molecule has 0 fully saturated rings. The minimum Gasteiger partial charge on any atom is -0.462 e. The summed E-state index contributed by atoms with van der Waals surface area (Å²) < 4.78 is 16.7. The van der Waals surface area contributed by atoms with Crippen molar-refractivity contribution in [3.05, 3.63) is 72.9 Å². The van der Waals surface area contributed by atoms with Crippen molar-refractivity contribution in [1.29, 1.82) is 0 Å². The lowest BCUT2D eigenvalue weighted by molar-refractivity contribution is -0.167. The second-order valence-electron chi connectivity index (χ2n) is 15.6. The van der Waals surface area contributed by atoms with E-state index in [-0.39, 0.29) is 37.5 Å². The smallest absolute Gasteiger partial charge is 0.306 e. The maximum atomic E-state index is 12.7. The number of ether oxygens (including phenoxy) is 3. The number of carbonyl (C=O) groups is 3. The number of allylic oxidation sites excluding steroid dienone is 12. The van der Waals surface area contributed by atoms with Gasteiger partial charge in [0.2, 0.25) is 0 Å². The fourth-order valence-corrected chi connectivity index (χ4v) is 6.35. The second-order valence-corrected chi connectivity index (χ2v) is 15.6. The number of esters is 3. The minimum atomic E-state index is -0.801. The number of hydrogen-bond acceptors (Lipinski definition) is 6. The van der Waals surface area contributed by atoms with Gasteiger partial charge in [-0.15, -0.1) is 0 Å². The maximum Gasteiger partial charge on any atom is 0.306 e. The summed E-state index contributed by atoms with van der Waals surface area (Å²) in [4.78, 5) is 37.8. The van der Waals surface area contributed by atoms with E-state index < -0.39 is 6.10 Å². The van der Waals surface area contributed by atoms with E-state index in [1.165, 1.54) is 77.0 Å². The van der Waals surface area contributed by atoms with Crippen molar-refractivity contribution in [1.82, 2.24) is 0 Å². The molecule has 1 atom stereocenters. The van der Waals surface area contributed by atoms with E-state index in [4.69, 9.17) is 14.2 Å². The first-order valence-corrected chi connectivity index (χ1v) is 23.9. The highest BCUT2D eigenvalue weighted by Gasteiger charge is 2.19. The van der Waals surface area contributed by atoms with E-state index in [0.29, 0.717) is 19.3 Å². The minimum absolute atomic E-state index is 0.0974. The summed E-state index contributed by atoms with van der Waals surface area (Å²) in [7, 11) is 0. The van der Waals surface area contributed by atoms with Crippen LogP contribution in [0.2, 0.25) is 0 Å². The molecule has 332 valence electrons. The summed E-state index contributed by atoms with van der Waals surface area (Å²) in [5.41, 5.74) is 0. The van der Waals surface area contributed by atoms with Crippen molar-refractivity contribution in [2.75, 3.05) is 13.2 Å². The van der Waals surface area contributed by atoms with E-state index in [1.807, 2.05) is 0 Å². The summed E-state index contributed by atoms with van der Waals surface area (Å²) in [5.74, 6) is -0.975. The molecule has 0 spiro atoms. The molecule has 0 amide bonds. The molecule has 0 saturated heterocycles. The predicted molar refractivity (Wildman–Crippen MR) is 247 cm³/mol. The van der Waals surface area contributed by atoms with Gasteiger partial charge in [0.05, 0.1) is 0 Å². The van der Waals surface area contributed by atoms with E-state index >= 15 is 0 Å². The largest absolute Gasteiger partial charge is 0.462 e. The SMILES string of the molecule is CC/C=C\C/C=C\CCCCCCCC(=O)OC(COC(=O)CCC/C=C\C/C=C\C/C=C\C/C=C\CCCCC)COC(=O)CCCCCCCCCCCCC. The molecule has 0 saturated carbocycles. The summed E-state index contributed by atoms with van der Waals surface area (Å²) in [6, 6.07) is 0. The Balaban J connectivity index is 4.47. The Kier molecular flexibility index (Phi) is 44.0. The van der Waals surface area contributed by atoms with Gasteiger partial charge in [0.1, 0.15) is 13.2 Å². The van der Waals surface area contributed by atoms with Gasteiger partial charge in [-0.2, -0.15) is 0 Å². The third-order valence-corrected chi connectivity index (χ3v) is 9.95. The standard InChI is InChI=1S/C52H88O6/c1-4-7-10-13-16-19-22-24-25-26-27-28-31-33-36-39-42-45-51(54)57-48-49(47-56-50(53)44-41-38-35-32-29-21-18-15-12-9-6-3)58-52(55)46-43-40-37-34-30-23-20-17-14-11-8-5-2/h8,11,16-17,19-20,24-25,27-28,33,36,49H,4-7,9-10,12-15,18,21-23,26,29-32,34-35,37-48H2,1-3H3/b11-8-,19-16-,20-17-,25-24-,28-27-,36-33-. The Morgan fingerprint density at radius 3 is 1.16 bits per heavy atom. The van der Waals surface area contributed by atoms with Crippen LogP contribution >= 0.6 is 0 Å². The molecule has 0 aromatic rings. The normalized spacial score (nSPS) is 12.7. The molecule has 0 bridgehead atoms. The van der Waals surface area contributed by atoms with Crippen LogP contribution in [0.5, 0.6) is 0 Å². The van der Waals surface area contributed by atoms with Gasteiger partial charge in [0.15, 0.2) is 6.10 Å². The van der Waals surface area contributed by atoms with Crippen LogP contribution in [0.25, 0.3) is 0 Å². The van der Waals surface area contributed by atoms with Gasteiger partial charge < -0.3 is 14.2 Å². The Hall–Kier alpha value is -3.15. The molecule has 0 radical (unpaired) electrons. The van der Waals surface area contributed by atoms with Gasteiger partial charge >= 0.3 is 17.9 Å². The number of carbonyl (C=O) groups excluding carboxylic acids is 3. The summed E-state index contributed by atoms with van der Waals surface area (Å²) in [6.45, 7) is 6.42. The average Bonchev–Trinajstić information content (AvgIpc) is 3.22. The van der Waals surface area contributed by atoms with Crippen LogP contribution in [-0.4, -0.2) is 37.2 Å². The number of unbranched alkanes of at least 4 members (excludes halogenated alkanes) is 19. The first-order chi connectivity index (χ1) is 28.5. The van der Waals surface area contributed by atoms with Gasteiger partial charge in [-0.1, -0.05) is 190 Å². The molecule has 6 heteroatoms. The second kappa shape index (κ2) is 46.5. The lowest BCUT2D eigenvalue weighted by atomic mass is 10.1. The van der Waals surface area contributed by atoms with Crippen LogP contribution in [0, 0.1) is 0 Å². The molecule has 0 heterocycles. The fourth-order valence-electron chi connectivity index (χ4n) is 6.35. The van der Waals surface area contributed by atoms with Crippen LogP contribution < -0.4 is 0 Å². The van der Waals surface area contributed by atoms with Crippen molar-refractivity contribution in [3.63, 3.8) is 0 Å². The Labute approximate surface area is 357 Å². The summed E-state index contributed by atoms with van der Waals surface area (Å²) in [5, 5.41) is 0. The van der Waals surface area contributed by atoms with Crippen LogP contribution in [0.4, 0.5) is 0 Å². The van der Waals surface area contributed by atoms with E-state index in [0.717, 1.165) is 96.3 Å². The van der Waals surface area contributed by atoms with E-state index in [2.05, 4.69) is 93.7 Å². The van der Waals surface area contributed by atoms with Crippen molar-refractivity contribution in [2.24, 2.45) is 0 Å². The van der Waals surface area contributed by atoms with Crippen molar-refractivity contribution in [2.45, 2.75) is 226 Å². The van der Waals surface area contributed by atoms with Crippen molar-refractivity contribution in [3.8, 4) is 0 Å². The van der Waals surface area contributed by atoms with Gasteiger partial charge in [-0.05, 0) is 83.5 Å². The highest BCUT2D eigenvalue weighted by atomic mass is 16.6. The maximum absolute atomic E-state index is 12.7. The first-order valence-electron chi connectivity index (χ1n) is 23.9. The zero-order valence-corrected chi connectivity index (χ0v) is 37.8. The van der Waals surface area contributed by atoms with Gasteiger partial charge in [-0.3, -0.25) is 14.4 Å². The zero-order valence-electron chi connectivity index (χ0n) is 37.8. The van der Waals surface area contributed by atoms with Crippen molar-refractivity contribution < 1.29 is 28.6 Å². The molecule has 6 nitrogen and oxygen atoms in total. The number of hydrogen-bond donors (Lipinski definition) is 0. The lowest BCUT2D eigenvalue weighted by Crippen LogP contribution is -2.30. The molecule has 0 aliphatic rings. The van der Waals surface area contributed by atoms with Gasteiger partial charge in [0.25, 0.3) is 0 Å². The molecule has 0 rings (SSSR count). The average molecular weight is 809 g/mol. The molecular weight excluding hydrogens is 721 g/mol. The molecule has 0 aromatic carbocycles. The third kappa shape index (κ3) is 44.0. The lowest BCUT2D eigenvalue weighted by Gasteiger charge is -2.18. The molecule has 0 aliphatic heterocycles. The Morgan fingerprint density at radius 2 is 0.690 bits per heavy atom. The predicted octanol–water partition coefficient (Wildman–Crippen LogP) is 15.5. The third-order valence-electron chi connectivity index (χ3n) is 9.95. The monoisotopic (exact) mass is 809 g/mol. The van der Waals surface area contributed by atoms with Crippen LogP contribution in [0.1, 0.15) is 220 Å². The van der Waals surface area contributed by atoms with E-state index in [1.54, 1.807) is 0 Å². The molecular formula is C52H88O6. The topological polar surface area (TPSA) is 78.9 Å². The molecule has 1 unspecified atom stereocenters. The van der Waals surface area contributed by atoms with Gasteiger partial charge in [0, 0.05) is 19.3 Å². The molecule has 0 aromatic heterocycles. The number of rotatable bonds is 42. The summed E-state index contributed by atoms with van der Waals surface area (Å²) >= 11 is 0. The first kappa shape index (κ1) is 54.9. The highest BCUT2D eigenvalue weighted by molar-refractivity contribution is 5.71. The highest BCUT2D eigenvalue weighted by Crippen LogP contribution is 2.14. The van der Waals surface area contributed by atoms with Crippen LogP contribution in [0.3, 0.4) is 0 Å². The van der Waals surface area contributed by atoms with Crippen LogP contribution in [0.15, 0.2) is 72.9 Å². The van der Waals surface area contributed by atoms with E-state index in [9.17, 15) is 14.4 Å². The molecule has 58 heavy (non-hydrogen) atoms. The fraction of sp³-hybridized carbons (Fsp3) is 0.712.